The summed E-state index contributed by atoms with van der Waals surface area (Å²) in [5.41, 5.74) is 0.0178. The molecule has 0 aliphatic carbocycles. The molecule has 6 atom stereocenters. The number of carboxylic acids is 1. The number of aromatic nitrogens is 5. The first-order valence-corrected chi connectivity index (χ1v) is 10.8. The van der Waals surface area contributed by atoms with Crippen LogP contribution < -0.4 is 10.9 Å². The highest BCUT2D eigenvalue weighted by Gasteiger charge is 2.44. The molecule has 36 heavy (non-hydrogen) atoms. The Kier molecular flexibility index (Phi) is 6.72. The van der Waals surface area contributed by atoms with Crippen molar-refractivity contribution in [3.63, 3.8) is 0 Å². The van der Waals surface area contributed by atoms with Crippen LogP contribution in [0.25, 0.3) is 16.9 Å². The Hall–Kier alpha value is -3.57. The van der Waals surface area contributed by atoms with E-state index in [-0.39, 0.29) is 29.1 Å². The average molecular weight is 510 g/mol. The quantitative estimate of drug-likeness (QED) is 0.187. The van der Waals surface area contributed by atoms with Crippen molar-refractivity contribution in [3.8, 4) is 0 Å². The normalized spacial score (nSPS) is 23.8. The van der Waals surface area contributed by atoms with Crippen LogP contribution >= 0.6 is 0 Å². The van der Waals surface area contributed by atoms with Crippen molar-refractivity contribution < 1.29 is 44.6 Å². The third-order valence-electron chi connectivity index (χ3n) is 6.25. The second kappa shape index (κ2) is 9.47. The smallest absolute Gasteiger partial charge is 0.407 e. The number of aliphatic carboxylic acids is 1. The number of aliphatic hydroxyl groups is 4. The SMILES string of the molecule is COC(=O)NC(C(=O)O)C(O)Cc1c(C)nc2n(C)c3c(ncn3[C@@H]3O[C@H](CO)[C@@H](O)[C@H]3O)c(=O)n12. The summed E-state index contributed by atoms with van der Waals surface area (Å²) in [6, 6.07) is -1.72. The van der Waals surface area contributed by atoms with E-state index in [0.29, 0.717) is 5.69 Å². The van der Waals surface area contributed by atoms with Gasteiger partial charge in [0.05, 0.1) is 37.5 Å². The zero-order valence-electron chi connectivity index (χ0n) is 19.5. The molecule has 2 unspecified atom stereocenters. The van der Waals surface area contributed by atoms with Crippen LogP contribution in [0.1, 0.15) is 17.6 Å². The minimum absolute atomic E-state index is 0.0571. The van der Waals surface area contributed by atoms with Crippen molar-refractivity contribution in [2.24, 2.45) is 7.05 Å². The van der Waals surface area contributed by atoms with E-state index < -0.39 is 60.9 Å². The molecule has 16 heteroatoms. The molecule has 1 saturated heterocycles. The van der Waals surface area contributed by atoms with E-state index in [1.807, 2.05) is 5.32 Å². The molecule has 4 rings (SSSR count). The summed E-state index contributed by atoms with van der Waals surface area (Å²) in [7, 11) is 2.62. The first-order chi connectivity index (χ1) is 17.0. The number of carbonyl (C=O) groups is 2. The first-order valence-electron chi connectivity index (χ1n) is 10.8. The fourth-order valence-corrected chi connectivity index (χ4v) is 4.38. The lowest BCUT2D eigenvalue weighted by Crippen LogP contribution is -2.49. The van der Waals surface area contributed by atoms with E-state index in [4.69, 9.17) is 4.74 Å². The molecule has 16 nitrogen and oxygen atoms in total. The lowest BCUT2D eigenvalue weighted by Gasteiger charge is -2.20. The van der Waals surface area contributed by atoms with Crippen LogP contribution in [0.3, 0.4) is 0 Å². The van der Waals surface area contributed by atoms with E-state index in [1.165, 1.54) is 19.9 Å². The van der Waals surface area contributed by atoms with Gasteiger partial charge in [-0.1, -0.05) is 0 Å². The maximum absolute atomic E-state index is 13.4. The van der Waals surface area contributed by atoms with Gasteiger partial charge in [0.15, 0.2) is 23.4 Å². The largest absolute Gasteiger partial charge is 0.480 e. The van der Waals surface area contributed by atoms with E-state index in [9.17, 15) is 39.9 Å². The number of ether oxygens (including phenoxy) is 2. The van der Waals surface area contributed by atoms with Gasteiger partial charge in [0, 0.05) is 13.5 Å². The van der Waals surface area contributed by atoms with Crippen LogP contribution in [0.5, 0.6) is 0 Å². The summed E-state index contributed by atoms with van der Waals surface area (Å²) in [5, 5.41) is 52.0. The molecular formula is C20H26N6O10. The van der Waals surface area contributed by atoms with E-state index in [2.05, 4.69) is 14.7 Å². The number of hydrogen-bond donors (Lipinski definition) is 6. The van der Waals surface area contributed by atoms with Gasteiger partial charge in [0.2, 0.25) is 5.78 Å². The zero-order chi connectivity index (χ0) is 26.5. The molecule has 4 heterocycles. The van der Waals surface area contributed by atoms with Gasteiger partial charge in [0.25, 0.3) is 5.56 Å². The van der Waals surface area contributed by atoms with Gasteiger partial charge in [-0.3, -0.25) is 13.9 Å². The molecule has 0 saturated carbocycles. The van der Waals surface area contributed by atoms with Crippen molar-refractivity contribution in [1.82, 2.24) is 28.8 Å². The van der Waals surface area contributed by atoms with Crippen LogP contribution in [0, 0.1) is 6.92 Å². The van der Waals surface area contributed by atoms with Gasteiger partial charge in [-0.05, 0) is 6.92 Å². The first kappa shape index (κ1) is 25.5. The third kappa shape index (κ3) is 3.97. The maximum Gasteiger partial charge on any atom is 0.407 e. The number of carbonyl (C=O) groups excluding carboxylic acids is 1. The summed E-state index contributed by atoms with van der Waals surface area (Å²) < 4.78 is 14.0. The summed E-state index contributed by atoms with van der Waals surface area (Å²) in [6.07, 6.45) is -6.76. The number of nitrogens with zero attached hydrogens (tertiary/aromatic N) is 5. The van der Waals surface area contributed by atoms with Crippen LogP contribution in [-0.2, 0) is 27.7 Å². The van der Waals surface area contributed by atoms with Crippen molar-refractivity contribution in [1.29, 1.82) is 0 Å². The Balaban J connectivity index is 1.80. The number of aryl methyl sites for hydroxylation is 2. The minimum Gasteiger partial charge on any atom is -0.480 e. The number of aliphatic hydroxyl groups excluding tert-OH is 4. The summed E-state index contributed by atoms with van der Waals surface area (Å²) in [5.74, 6) is -1.39. The number of alkyl carbamates (subject to hydrolysis) is 1. The molecule has 1 fully saturated rings. The number of imidazole rings is 2. The Bertz CT molecular complexity index is 1380. The molecule has 1 aliphatic rings. The van der Waals surface area contributed by atoms with E-state index in [0.717, 1.165) is 7.11 Å². The molecule has 0 radical (unpaired) electrons. The predicted octanol–water partition coefficient (Wildman–Crippen LogP) is -2.98. The highest BCUT2D eigenvalue weighted by molar-refractivity contribution is 5.80. The van der Waals surface area contributed by atoms with Gasteiger partial charge in [-0.2, -0.15) is 0 Å². The van der Waals surface area contributed by atoms with Gasteiger partial charge in [-0.15, -0.1) is 0 Å². The average Bonchev–Trinajstić information content (AvgIpc) is 3.50. The Morgan fingerprint density at radius 3 is 2.58 bits per heavy atom. The second-order valence-corrected chi connectivity index (χ2v) is 8.42. The molecule has 1 amide bonds. The van der Waals surface area contributed by atoms with Crippen LogP contribution in [-0.4, -0.2) is 105 Å². The van der Waals surface area contributed by atoms with Crippen LogP contribution in [0.4, 0.5) is 4.79 Å². The van der Waals surface area contributed by atoms with Crippen molar-refractivity contribution in [2.75, 3.05) is 13.7 Å². The summed E-state index contributed by atoms with van der Waals surface area (Å²) >= 11 is 0. The van der Waals surface area contributed by atoms with Crippen LogP contribution in [0.15, 0.2) is 11.1 Å². The number of methoxy groups -OCH3 is 1. The minimum atomic E-state index is -1.72. The van der Waals surface area contributed by atoms with Gasteiger partial charge >= 0.3 is 12.1 Å². The molecule has 3 aromatic rings. The van der Waals surface area contributed by atoms with Gasteiger partial charge in [0.1, 0.15) is 18.3 Å². The van der Waals surface area contributed by atoms with E-state index in [1.54, 1.807) is 14.0 Å². The van der Waals surface area contributed by atoms with Crippen molar-refractivity contribution >= 4 is 29.0 Å². The predicted molar refractivity (Wildman–Crippen MR) is 118 cm³/mol. The molecule has 3 aromatic heterocycles. The Morgan fingerprint density at radius 1 is 1.31 bits per heavy atom. The molecule has 6 N–H and O–H groups in total. The Morgan fingerprint density at radius 2 is 2.00 bits per heavy atom. The van der Waals surface area contributed by atoms with E-state index >= 15 is 0 Å². The van der Waals surface area contributed by atoms with Crippen LogP contribution in [0.2, 0.25) is 0 Å². The standard InChI is InChI=1S/C20H26N6O10/c1-7-8(4-9(28)11(18(32)33)23-20(34)35-3)26-16(31)12-15(24(2)19(26)22-7)25(6-21-12)17-14(30)13(29)10(5-27)36-17/h6,9-11,13-14,17,27-30H,4-5H2,1-3H3,(H,23,34)(H,32,33)/t9?,10-,11?,13-,14-,17-/m1/s1. The number of nitrogens with one attached hydrogen (secondary N) is 1. The van der Waals surface area contributed by atoms with Gasteiger partial charge in [-0.25, -0.2) is 24.0 Å². The third-order valence-corrected chi connectivity index (χ3v) is 6.25. The van der Waals surface area contributed by atoms with Crippen molar-refractivity contribution in [2.45, 2.75) is 50.0 Å². The zero-order valence-corrected chi connectivity index (χ0v) is 19.5. The number of fused-ring (bicyclic) bond motifs is 2. The number of hydrogen-bond acceptors (Lipinski definition) is 11. The van der Waals surface area contributed by atoms with Gasteiger partial charge < -0.3 is 40.3 Å². The fraction of sp³-hybridized carbons (Fsp3) is 0.550. The highest BCUT2D eigenvalue weighted by atomic mass is 16.6. The lowest BCUT2D eigenvalue weighted by atomic mass is 10.1. The highest BCUT2D eigenvalue weighted by Crippen LogP contribution is 2.31. The fourth-order valence-electron chi connectivity index (χ4n) is 4.38. The number of amides is 1. The van der Waals surface area contributed by atoms with Crippen molar-refractivity contribution in [3.05, 3.63) is 28.1 Å². The summed E-state index contributed by atoms with van der Waals surface area (Å²) in [6.45, 7) is 1.04. The molecule has 1 aliphatic heterocycles. The molecular weight excluding hydrogens is 484 g/mol. The molecule has 0 aromatic carbocycles. The topological polar surface area (TPSA) is 223 Å². The molecule has 0 spiro atoms. The molecule has 196 valence electrons. The number of rotatable bonds is 7. The number of carboxylic acid groups (broad SMARTS) is 1. The Labute approximate surface area is 201 Å². The maximum atomic E-state index is 13.4. The molecule has 0 bridgehead atoms. The summed E-state index contributed by atoms with van der Waals surface area (Å²) in [4.78, 5) is 45.1. The lowest BCUT2D eigenvalue weighted by molar-refractivity contribution is -0.142. The second-order valence-electron chi connectivity index (χ2n) is 8.42. The monoisotopic (exact) mass is 510 g/mol.